The van der Waals surface area contributed by atoms with E-state index in [9.17, 15) is 9.59 Å². The smallest absolute Gasteiger partial charge is 0.257 e. The van der Waals surface area contributed by atoms with Crippen LogP contribution in [0.5, 0.6) is 0 Å². The third-order valence-electron chi connectivity index (χ3n) is 5.50. The van der Waals surface area contributed by atoms with Gasteiger partial charge in [-0.05, 0) is 54.4 Å². The number of rotatable bonds is 8. The van der Waals surface area contributed by atoms with Gasteiger partial charge in [0.25, 0.3) is 5.91 Å². The number of furan rings is 1. The first-order chi connectivity index (χ1) is 13.6. The van der Waals surface area contributed by atoms with E-state index in [4.69, 9.17) is 4.42 Å². The molecular formula is C21H29N3O3S. The van der Waals surface area contributed by atoms with Crippen LogP contribution >= 0.6 is 11.3 Å². The summed E-state index contributed by atoms with van der Waals surface area (Å²) in [5, 5.41) is 7.38. The lowest BCUT2D eigenvalue weighted by molar-refractivity contribution is -0.126. The van der Waals surface area contributed by atoms with Crippen LogP contribution in [-0.2, 0) is 4.79 Å². The molecule has 1 aliphatic heterocycles. The van der Waals surface area contributed by atoms with Crippen LogP contribution in [0.1, 0.15) is 48.7 Å². The molecule has 3 heterocycles. The number of carbonyl (C=O) groups is 2. The van der Waals surface area contributed by atoms with E-state index in [2.05, 4.69) is 40.9 Å². The Bertz CT molecular complexity index is 741. The second-order valence-electron chi connectivity index (χ2n) is 7.14. The van der Waals surface area contributed by atoms with Gasteiger partial charge < -0.3 is 14.6 Å². The first-order valence-electron chi connectivity index (χ1n) is 9.99. The minimum Gasteiger partial charge on any atom is -0.472 e. The van der Waals surface area contributed by atoms with E-state index in [1.165, 1.54) is 18.1 Å². The topological polar surface area (TPSA) is 65.8 Å². The molecule has 2 aromatic heterocycles. The Hall–Kier alpha value is -2.12. The Morgan fingerprint density at radius 1 is 1.36 bits per heavy atom. The second kappa shape index (κ2) is 9.89. The quantitative estimate of drug-likeness (QED) is 0.734. The van der Waals surface area contributed by atoms with Crippen molar-refractivity contribution in [3.05, 3.63) is 46.5 Å². The summed E-state index contributed by atoms with van der Waals surface area (Å²) < 4.78 is 5.01. The zero-order chi connectivity index (χ0) is 19.9. The molecule has 0 aromatic carbocycles. The first-order valence-corrected chi connectivity index (χ1v) is 10.9. The van der Waals surface area contributed by atoms with Crippen LogP contribution in [-0.4, -0.2) is 54.3 Å². The van der Waals surface area contributed by atoms with Crippen molar-refractivity contribution in [2.75, 3.05) is 32.7 Å². The van der Waals surface area contributed by atoms with Gasteiger partial charge >= 0.3 is 0 Å². The normalized spacial score (nSPS) is 18.2. The second-order valence-corrected chi connectivity index (χ2v) is 7.92. The lowest BCUT2D eigenvalue weighted by atomic mass is 9.96. The van der Waals surface area contributed by atoms with Crippen LogP contribution in [0, 0.1) is 5.92 Å². The average Bonchev–Trinajstić information content (AvgIpc) is 3.44. The van der Waals surface area contributed by atoms with Gasteiger partial charge in [-0.3, -0.25) is 14.5 Å². The van der Waals surface area contributed by atoms with Crippen LogP contribution in [0.4, 0.5) is 0 Å². The predicted octanol–water partition coefficient (Wildman–Crippen LogP) is 3.39. The molecule has 0 saturated carbocycles. The van der Waals surface area contributed by atoms with E-state index in [-0.39, 0.29) is 23.8 Å². The highest BCUT2D eigenvalue weighted by atomic mass is 32.1. The summed E-state index contributed by atoms with van der Waals surface area (Å²) in [5.74, 6) is -0.188. The summed E-state index contributed by atoms with van der Waals surface area (Å²) in [4.78, 5) is 29.5. The maximum absolute atomic E-state index is 12.8. The van der Waals surface area contributed by atoms with Crippen molar-refractivity contribution in [2.24, 2.45) is 5.92 Å². The van der Waals surface area contributed by atoms with Crippen LogP contribution in [0.2, 0.25) is 0 Å². The third-order valence-corrected chi connectivity index (χ3v) is 6.20. The molecule has 0 spiro atoms. The van der Waals surface area contributed by atoms with Crippen LogP contribution in [0.25, 0.3) is 0 Å². The van der Waals surface area contributed by atoms with Crippen LogP contribution in [0.15, 0.2) is 39.8 Å². The standard InChI is InChI=1S/C21H29N3O3S/c1-3-23(4-2)19(18-8-11-28-15-18)12-22-20(25)16-6-5-9-24(13-16)21(26)17-7-10-27-14-17/h7-8,10-11,14-16,19H,3-6,9,12-13H2,1-2H3,(H,22,25)/t16-,19+/m0/s1. The van der Waals surface area contributed by atoms with Crippen molar-refractivity contribution >= 4 is 23.2 Å². The maximum atomic E-state index is 12.8. The fraction of sp³-hybridized carbons (Fsp3) is 0.524. The number of nitrogens with zero attached hydrogens (tertiary/aromatic N) is 2. The molecule has 1 N–H and O–H groups in total. The predicted molar refractivity (Wildman–Crippen MR) is 110 cm³/mol. The minimum atomic E-state index is -0.163. The summed E-state index contributed by atoms with van der Waals surface area (Å²) >= 11 is 1.68. The summed E-state index contributed by atoms with van der Waals surface area (Å²) in [6.45, 7) is 7.89. The number of carbonyl (C=O) groups excluding carboxylic acids is 2. The summed E-state index contributed by atoms with van der Waals surface area (Å²) in [7, 11) is 0. The Kier molecular flexibility index (Phi) is 7.28. The number of thiophene rings is 1. The van der Waals surface area contributed by atoms with Crippen molar-refractivity contribution in [1.82, 2.24) is 15.1 Å². The number of nitrogens with one attached hydrogen (secondary N) is 1. The van der Waals surface area contributed by atoms with Gasteiger partial charge in [-0.15, -0.1) is 0 Å². The number of likely N-dealkylation sites (N-methyl/N-ethyl adjacent to an activating group) is 1. The molecule has 2 amide bonds. The fourth-order valence-corrected chi connectivity index (χ4v) is 4.58. The molecule has 2 aromatic rings. The van der Waals surface area contributed by atoms with E-state index >= 15 is 0 Å². The summed E-state index contributed by atoms with van der Waals surface area (Å²) in [6, 6.07) is 3.98. The minimum absolute atomic E-state index is 0.0390. The molecular weight excluding hydrogens is 374 g/mol. The van der Waals surface area contributed by atoms with Crippen molar-refractivity contribution in [2.45, 2.75) is 32.7 Å². The highest BCUT2D eigenvalue weighted by molar-refractivity contribution is 7.07. The molecule has 0 aliphatic carbocycles. The molecule has 1 fully saturated rings. The van der Waals surface area contributed by atoms with Gasteiger partial charge in [0.1, 0.15) is 6.26 Å². The van der Waals surface area contributed by atoms with Crippen LogP contribution < -0.4 is 5.32 Å². The van der Waals surface area contributed by atoms with Gasteiger partial charge in [0, 0.05) is 19.6 Å². The van der Waals surface area contributed by atoms with Crippen molar-refractivity contribution < 1.29 is 14.0 Å². The average molecular weight is 404 g/mol. The van der Waals surface area contributed by atoms with Gasteiger partial charge in [-0.25, -0.2) is 0 Å². The van der Waals surface area contributed by atoms with Gasteiger partial charge in [-0.2, -0.15) is 11.3 Å². The molecule has 28 heavy (non-hydrogen) atoms. The van der Waals surface area contributed by atoms with E-state index < -0.39 is 0 Å². The van der Waals surface area contributed by atoms with Gasteiger partial charge in [-0.1, -0.05) is 13.8 Å². The molecule has 2 atom stereocenters. The first kappa shape index (κ1) is 20.6. The Balaban J connectivity index is 1.59. The molecule has 3 rings (SSSR count). The largest absolute Gasteiger partial charge is 0.472 e. The molecule has 7 heteroatoms. The van der Waals surface area contributed by atoms with Gasteiger partial charge in [0.05, 0.1) is 23.8 Å². The summed E-state index contributed by atoms with van der Waals surface area (Å²) in [6.07, 6.45) is 4.61. The zero-order valence-electron chi connectivity index (χ0n) is 16.6. The molecule has 152 valence electrons. The monoisotopic (exact) mass is 403 g/mol. The molecule has 1 saturated heterocycles. The maximum Gasteiger partial charge on any atom is 0.257 e. The number of amides is 2. The molecule has 0 radical (unpaired) electrons. The van der Waals surface area contributed by atoms with E-state index in [1.807, 2.05) is 0 Å². The highest BCUT2D eigenvalue weighted by Gasteiger charge is 2.30. The van der Waals surface area contributed by atoms with Gasteiger partial charge in [0.15, 0.2) is 0 Å². The summed E-state index contributed by atoms with van der Waals surface area (Å²) in [5.41, 5.74) is 1.79. The molecule has 0 unspecified atom stereocenters. The SMILES string of the molecule is CCN(CC)[C@H](CNC(=O)[C@H]1CCCN(C(=O)c2ccoc2)C1)c1ccsc1. The van der Waals surface area contributed by atoms with Crippen molar-refractivity contribution in [3.63, 3.8) is 0 Å². The van der Waals surface area contributed by atoms with Crippen LogP contribution in [0.3, 0.4) is 0 Å². The van der Waals surface area contributed by atoms with Gasteiger partial charge in [0.2, 0.25) is 5.91 Å². The molecule has 0 bridgehead atoms. The third kappa shape index (κ3) is 4.83. The van der Waals surface area contributed by atoms with Crippen molar-refractivity contribution in [1.29, 1.82) is 0 Å². The Labute approximate surface area is 170 Å². The van der Waals surface area contributed by atoms with E-state index in [0.717, 1.165) is 25.9 Å². The number of hydrogen-bond acceptors (Lipinski definition) is 5. The van der Waals surface area contributed by atoms with E-state index in [0.29, 0.717) is 25.2 Å². The molecule has 1 aliphatic rings. The number of hydrogen-bond donors (Lipinski definition) is 1. The molecule has 6 nitrogen and oxygen atoms in total. The van der Waals surface area contributed by atoms with E-state index in [1.54, 1.807) is 22.3 Å². The number of piperidine rings is 1. The zero-order valence-corrected chi connectivity index (χ0v) is 17.4. The fourth-order valence-electron chi connectivity index (χ4n) is 3.87. The lowest BCUT2D eigenvalue weighted by Gasteiger charge is -2.33. The Morgan fingerprint density at radius 2 is 2.18 bits per heavy atom. The number of likely N-dealkylation sites (tertiary alicyclic amines) is 1. The lowest BCUT2D eigenvalue weighted by Crippen LogP contribution is -2.47. The van der Waals surface area contributed by atoms with Crippen molar-refractivity contribution in [3.8, 4) is 0 Å². The highest BCUT2D eigenvalue weighted by Crippen LogP contribution is 2.23. The Morgan fingerprint density at radius 3 is 2.82 bits per heavy atom.